The number of hydrogen-bond acceptors (Lipinski definition) is 2. The molecule has 1 aliphatic heterocycles. The van der Waals surface area contributed by atoms with Gasteiger partial charge >= 0.3 is 0 Å². The highest BCUT2D eigenvalue weighted by atomic mass is 79.9. The molecule has 0 spiro atoms. The Morgan fingerprint density at radius 3 is 2.89 bits per heavy atom. The molecule has 0 saturated carbocycles. The Morgan fingerprint density at radius 2 is 2.28 bits per heavy atom. The summed E-state index contributed by atoms with van der Waals surface area (Å²) in [7, 11) is 0. The molecule has 0 amide bonds. The predicted molar refractivity (Wildman–Crippen MR) is 80.0 cm³/mol. The first-order chi connectivity index (χ1) is 8.61. The van der Waals surface area contributed by atoms with E-state index in [4.69, 9.17) is 0 Å². The van der Waals surface area contributed by atoms with Crippen molar-refractivity contribution >= 4 is 21.6 Å². The Labute approximate surface area is 118 Å². The van der Waals surface area contributed by atoms with Gasteiger partial charge in [0.15, 0.2) is 0 Å². The van der Waals surface area contributed by atoms with Crippen LogP contribution in [0.5, 0.6) is 0 Å². The van der Waals surface area contributed by atoms with Crippen molar-refractivity contribution in [1.29, 1.82) is 0 Å². The molecule has 1 aliphatic rings. The predicted octanol–water partition coefficient (Wildman–Crippen LogP) is 4.13. The van der Waals surface area contributed by atoms with Crippen LogP contribution in [0, 0.1) is 5.92 Å². The summed E-state index contributed by atoms with van der Waals surface area (Å²) in [6, 6.07) is 6.19. The third-order valence-corrected chi connectivity index (χ3v) is 4.41. The average Bonchev–Trinajstić information content (AvgIpc) is 2.77. The second kappa shape index (κ2) is 6.07. The Balaban J connectivity index is 2.10. The highest BCUT2D eigenvalue weighted by Gasteiger charge is 2.23. The fourth-order valence-electron chi connectivity index (χ4n) is 2.73. The van der Waals surface area contributed by atoms with Gasteiger partial charge in [-0.05, 0) is 59.3 Å². The second-order valence-corrected chi connectivity index (χ2v) is 6.13. The monoisotopic (exact) mass is 311 g/mol. The van der Waals surface area contributed by atoms with E-state index in [0.29, 0.717) is 0 Å². The maximum atomic E-state index is 9.58. The maximum Gasteiger partial charge on any atom is 0.0762 e. The fourth-order valence-corrected chi connectivity index (χ4v) is 3.38. The van der Waals surface area contributed by atoms with Gasteiger partial charge in [0.25, 0.3) is 0 Å². The molecule has 3 heteroatoms. The van der Waals surface area contributed by atoms with Gasteiger partial charge in [0, 0.05) is 17.6 Å². The standard InChI is InChI=1S/C15H22BrNO/c1-3-4-12-7-8-17(10-12)15-6-5-13(11(2)18)9-14(15)16/h5-6,9,11-12,18H,3-4,7-8,10H2,1-2H3/t11-,12?/m0/s1. The number of anilines is 1. The van der Waals surface area contributed by atoms with Gasteiger partial charge in [0.1, 0.15) is 0 Å². The zero-order valence-corrected chi connectivity index (χ0v) is 12.8. The summed E-state index contributed by atoms with van der Waals surface area (Å²) < 4.78 is 1.10. The molecule has 1 fully saturated rings. The zero-order valence-electron chi connectivity index (χ0n) is 11.2. The van der Waals surface area contributed by atoms with Crippen LogP contribution >= 0.6 is 15.9 Å². The fraction of sp³-hybridized carbons (Fsp3) is 0.600. The lowest BCUT2D eigenvalue weighted by molar-refractivity contribution is 0.199. The number of rotatable bonds is 4. The van der Waals surface area contributed by atoms with Gasteiger partial charge in [0.05, 0.1) is 11.8 Å². The van der Waals surface area contributed by atoms with Crippen LogP contribution in [0.4, 0.5) is 5.69 Å². The molecule has 0 aliphatic carbocycles. The van der Waals surface area contributed by atoms with Crippen LogP contribution < -0.4 is 4.90 Å². The van der Waals surface area contributed by atoms with E-state index < -0.39 is 6.10 Å². The van der Waals surface area contributed by atoms with Gasteiger partial charge in [-0.15, -0.1) is 0 Å². The number of aliphatic hydroxyl groups is 1. The number of hydrogen-bond donors (Lipinski definition) is 1. The van der Waals surface area contributed by atoms with Gasteiger partial charge < -0.3 is 10.0 Å². The van der Waals surface area contributed by atoms with Crippen molar-refractivity contribution in [3.63, 3.8) is 0 Å². The molecule has 2 nitrogen and oxygen atoms in total. The van der Waals surface area contributed by atoms with Crippen LogP contribution in [-0.4, -0.2) is 18.2 Å². The largest absolute Gasteiger partial charge is 0.389 e. The van der Waals surface area contributed by atoms with Gasteiger partial charge in [0.2, 0.25) is 0 Å². The number of benzene rings is 1. The van der Waals surface area contributed by atoms with Crippen molar-refractivity contribution in [2.45, 2.75) is 39.2 Å². The van der Waals surface area contributed by atoms with E-state index in [9.17, 15) is 5.11 Å². The maximum absolute atomic E-state index is 9.58. The average molecular weight is 312 g/mol. The van der Waals surface area contributed by atoms with E-state index in [1.165, 1.54) is 31.5 Å². The smallest absolute Gasteiger partial charge is 0.0762 e. The summed E-state index contributed by atoms with van der Waals surface area (Å²) in [5.74, 6) is 0.846. The van der Waals surface area contributed by atoms with Crippen LogP contribution in [0.2, 0.25) is 0 Å². The van der Waals surface area contributed by atoms with E-state index in [0.717, 1.165) is 22.5 Å². The molecule has 1 unspecified atom stereocenters. The lowest BCUT2D eigenvalue weighted by atomic mass is 10.0. The highest BCUT2D eigenvalue weighted by Crippen LogP contribution is 2.33. The summed E-state index contributed by atoms with van der Waals surface area (Å²) in [4.78, 5) is 2.45. The normalized spacial score (nSPS) is 21.3. The van der Waals surface area contributed by atoms with E-state index in [1.807, 2.05) is 12.1 Å². The molecule has 100 valence electrons. The molecule has 0 radical (unpaired) electrons. The van der Waals surface area contributed by atoms with Crippen molar-refractivity contribution in [3.8, 4) is 0 Å². The molecule has 1 N–H and O–H groups in total. The minimum Gasteiger partial charge on any atom is -0.389 e. The summed E-state index contributed by atoms with van der Waals surface area (Å²) >= 11 is 3.63. The van der Waals surface area contributed by atoms with Crippen molar-refractivity contribution in [1.82, 2.24) is 0 Å². The van der Waals surface area contributed by atoms with E-state index in [2.05, 4.69) is 33.8 Å². The van der Waals surface area contributed by atoms with Crippen LogP contribution in [0.1, 0.15) is 44.8 Å². The topological polar surface area (TPSA) is 23.5 Å². The molecule has 0 bridgehead atoms. The van der Waals surface area contributed by atoms with Gasteiger partial charge in [-0.25, -0.2) is 0 Å². The molecular formula is C15H22BrNO. The van der Waals surface area contributed by atoms with E-state index in [1.54, 1.807) is 6.92 Å². The van der Waals surface area contributed by atoms with Crippen LogP contribution in [0.15, 0.2) is 22.7 Å². The minimum atomic E-state index is -0.401. The molecule has 0 aromatic heterocycles. The Morgan fingerprint density at radius 1 is 1.50 bits per heavy atom. The zero-order chi connectivity index (χ0) is 13.1. The Kier molecular flexibility index (Phi) is 4.68. The first-order valence-corrected chi connectivity index (χ1v) is 7.63. The van der Waals surface area contributed by atoms with E-state index >= 15 is 0 Å². The quantitative estimate of drug-likeness (QED) is 0.903. The molecule has 1 aromatic carbocycles. The van der Waals surface area contributed by atoms with Gasteiger partial charge in [-0.1, -0.05) is 19.4 Å². The summed E-state index contributed by atoms with van der Waals surface area (Å²) in [6.45, 7) is 6.38. The number of aliphatic hydroxyl groups excluding tert-OH is 1. The lowest BCUT2D eigenvalue weighted by Crippen LogP contribution is -2.20. The highest BCUT2D eigenvalue weighted by molar-refractivity contribution is 9.10. The molecule has 2 atom stereocenters. The molecule has 18 heavy (non-hydrogen) atoms. The first kappa shape index (κ1) is 13.9. The Bertz CT molecular complexity index is 405. The third-order valence-electron chi connectivity index (χ3n) is 3.78. The minimum absolute atomic E-state index is 0.401. The first-order valence-electron chi connectivity index (χ1n) is 6.84. The van der Waals surface area contributed by atoms with Gasteiger partial charge in [-0.2, -0.15) is 0 Å². The van der Waals surface area contributed by atoms with E-state index in [-0.39, 0.29) is 0 Å². The summed E-state index contributed by atoms with van der Waals surface area (Å²) in [5.41, 5.74) is 2.23. The van der Waals surface area contributed by atoms with Crippen LogP contribution in [0.3, 0.4) is 0 Å². The molecule has 1 heterocycles. The molecular weight excluding hydrogens is 290 g/mol. The lowest BCUT2D eigenvalue weighted by Gasteiger charge is -2.21. The van der Waals surface area contributed by atoms with Crippen molar-refractivity contribution in [3.05, 3.63) is 28.2 Å². The third kappa shape index (κ3) is 3.07. The van der Waals surface area contributed by atoms with Gasteiger partial charge in [-0.3, -0.25) is 0 Å². The van der Waals surface area contributed by atoms with Crippen LogP contribution in [-0.2, 0) is 0 Å². The van der Waals surface area contributed by atoms with Crippen LogP contribution in [0.25, 0.3) is 0 Å². The number of halogens is 1. The van der Waals surface area contributed by atoms with Crippen molar-refractivity contribution in [2.24, 2.45) is 5.92 Å². The number of nitrogens with zero attached hydrogens (tertiary/aromatic N) is 1. The SMILES string of the molecule is CCCC1CCN(c2ccc([C@H](C)O)cc2Br)C1. The molecule has 1 saturated heterocycles. The molecule has 1 aromatic rings. The second-order valence-electron chi connectivity index (χ2n) is 5.28. The Hall–Kier alpha value is -0.540. The molecule has 2 rings (SSSR count). The summed E-state index contributed by atoms with van der Waals surface area (Å²) in [5, 5.41) is 9.58. The van der Waals surface area contributed by atoms with Crippen molar-refractivity contribution < 1.29 is 5.11 Å². The van der Waals surface area contributed by atoms with Crippen molar-refractivity contribution in [2.75, 3.05) is 18.0 Å². The summed E-state index contributed by atoms with van der Waals surface area (Å²) in [6.07, 6.45) is 3.51.